The Kier molecular flexibility index (Phi) is 3.35. The van der Waals surface area contributed by atoms with Crippen LogP contribution in [-0.4, -0.2) is 16.5 Å². The van der Waals surface area contributed by atoms with Gasteiger partial charge in [0.15, 0.2) is 5.13 Å². The van der Waals surface area contributed by atoms with Crippen molar-refractivity contribution in [2.75, 3.05) is 11.4 Å². The van der Waals surface area contributed by atoms with Gasteiger partial charge in [0.2, 0.25) is 0 Å². The number of hydrogen-bond acceptors (Lipinski definition) is 4. The van der Waals surface area contributed by atoms with Crippen molar-refractivity contribution in [2.24, 2.45) is 0 Å². The molecule has 3 nitrogen and oxygen atoms in total. The second-order valence-electron chi connectivity index (χ2n) is 5.34. The fourth-order valence-electron chi connectivity index (χ4n) is 2.70. The number of rotatable bonds is 2. The standard InChI is InChI=1S/C17H14FN3S/c18-15-3-1-12(2-4-15)16-11-22-17(20-16)21-8-6-13-9-19-7-5-14(13)10-21/h1-5,7,9,11H,6,8,10H2. The van der Waals surface area contributed by atoms with Crippen LogP contribution in [-0.2, 0) is 13.0 Å². The van der Waals surface area contributed by atoms with Gasteiger partial charge in [-0.3, -0.25) is 4.98 Å². The van der Waals surface area contributed by atoms with Gasteiger partial charge in [-0.15, -0.1) is 11.3 Å². The topological polar surface area (TPSA) is 29.0 Å². The lowest BCUT2D eigenvalue weighted by molar-refractivity contribution is 0.628. The molecule has 1 aliphatic rings. The lowest BCUT2D eigenvalue weighted by atomic mass is 10.0. The minimum atomic E-state index is -0.222. The van der Waals surface area contributed by atoms with E-state index in [1.165, 1.54) is 23.3 Å². The van der Waals surface area contributed by atoms with Crippen LogP contribution in [0.1, 0.15) is 11.1 Å². The summed E-state index contributed by atoms with van der Waals surface area (Å²) in [5.41, 5.74) is 4.50. The van der Waals surface area contributed by atoms with Gasteiger partial charge in [-0.25, -0.2) is 9.37 Å². The molecule has 0 amide bonds. The summed E-state index contributed by atoms with van der Waals surface area (Å²) in [7, 11) is 0. The number of anilines is 1. The van der Waals surface area contributed by atoms with Crippen LogP contribution in [0.3, 0.4) is 0 Å². The normalized spacial score (nSPS) is 14.0. The van der Waals surface area contributed by atoms with Crippen LogP contribution in [0.25, 0.3) is 11.3 Å². The Balaban J connectivity index is 1.59. The van der Waals surface area contributed by atoms with Crippen LogP contribution < -0.4 is 4.90 Å². The van der Waals surface area contributed by atoms with Crippen LogP contribution in [0.2, 0.25) is 0 Å². The zero-order chi connectivity index (χ0) is 14.9. The highest BCUT2D eigenvalue weighted by Gasteiger charge is 2.19. The van der Waals surface area contributed by atoms with E-state index in [9.17, 15) is 4.39 Å². The Morgan fingerprint density at radius 3 is 2.82 bits per heavy atom. The molecule has 110 valence electrons. The third-order valence-corrected chi connectivity index (χ3v) is 4.82. The highest BCUT2D eigenvalue weighted by Crippen LogP contribution is 2.30. The fourth-order valence-corrected chi connectivity index (χ4v) is 3.56. The van der Waals surface area contributed by atoms with Gasteiger partial charge in [0.25, 0.3) is 0 Å². The van der Waals surface area contributed by atoms with E-state index in [0.29, 0.717) is 0 Å². The van der Waals surface area contributed by atoms with E-state index < -0.39 is 0 Å². The quantitative estimate of drug-likeness (QED) is 0.718. The third kappa shape index (κ3) is 2.48. The average molecular weight is 311 g/mol. The van der Waals surface area contributed by atoms with Crippen LogP contribution in [0.4, 0.5) is 9.52 Å². The molecule has 0 unspecified atom stereocenters. The molecule has 0 spiro atoms. The van der Waals surface area contributed by atoms with E-state index in [1.807, 2.05) is 17.8 Å². The molecular weight excluding hydrogens is 297 g/mol. The first-order valence-corrected chi connectivity index (χ1v) is 8.06. The Morgan fingerprint density at radius 1 is 1.09 bits per heavy atom. The van der Waals surface area contributed by atoms with Crippen molar-refractivity contribution < 1.29 is 4.39 Å². The Bertz CT molecular complexity index is 798. The van der Waals surface area contributed by atoms with Crippen molar-refractivity contribution in [1.82, 2.24) is 9.97 Å². The lowest BCUT2D eigenvalue weighted by Gasteiger charge is -2.28. The van der Waals surface area contributed by atoms with Crippen molar-refractivity contribution in [3.8, 4) is 11.3 Å². The van der Waals surface area contributed by atoms with Crippen molar-refractivity contribution in [2.45, 2.75) is 13.0 Å². The summed E-state index contributed by atoms with van der Waals surface area (Å²) in [6.07, 6.45) is 4.79. The number of aromatic nitrogens is 2. The number of hydrogen-bond donors (Lipinski definition) is 0. The monoisotopic (exact) mass is 311 g/mol. The van der Waals surface area contributed by atoms with Crippen LogP contribution in [0, 0.1) is 5.82 Å². The minimum Gasteiger partial charge on any atom is -0.343 e. The summed E-state index contributed by atoms with van der Waals surface area (Å²) in [4.78, 5) is 11.2. The van der Waals surface area contributed by atoms with Crippen LogP contribution in [0.15, 0.2) is 48.1 Å². The van der Waals surface area contributed by atoms with E-state index in [-0.39, 0.29) is 5.82 Å². The van der Waals surface area contributed by atoms with E-state index in [1.54, 1.807) is 23.5 Å². The molecule has 0 fully saturated rings. The first kappa shape index (κ1) is 13.4. The van der Waals surface area contributed by atoms with Gasteiger partial charge < -0.3 is 4.90 Å². The maximum atomic E-state index is 13.0. The molecule has 4 rings (SSSR count). The SMILES string of the molecule is Fc1ccc(-c2csc(N3CCc4cnccc4C3)n2)cc1. The molecule has 22 heavy (non-hydrogen) atoms. The van der Waals surface area contributed by atoms with Crippen molar-refractivity contribution >= 4 is 16.5 Å². The molecule has 1 aromatic carbocycles. The van der Waals surface area contributed by atoms with E-state index in [4.69, 9.17) is 4.98 Å². The molecule has 0 bridgehead atoms. The Morgan fingerprint density at radius 2 is 1.95 bits per heavy atom. The second-order valence-corrected chi connectivity index (χ2v) is 6.17. The molecule has 0 saturated carbocycles. The van der Waals surface area contributed by atoms with Gasteiger partial charge in [0, 0.05) is 36.4 Å². The van der Waals surface area contributed by atoms with Crippen molar-refractivity contribution in [3.05, 3.63) is 65.0 Å². The predicted octanol–water partition coefficient (Wildman–Crippen LogP) is 3.91. The summed E-state index contributed by atoms with van der Waals surface area (Å²) < 4.78 is 13.0. The number of benzene rings is 1. The molecule has 3 aromatic rings. The first-order chi connectivity index (χ1) is 10.8. The van der Waals surface area contributed by atoms with E-state index in [2.05, 4.69) is 16.0 Å². The molecule has 1 aliphatic heterocycles. The van der Waals surface area contributed by atoms with Crippen LogP contribution >= 0.6 is 11.3 Å². The molecule has 0 N–H and O–H groups in total. The maximum absolute atomic E-state index is 13.0. The molecule has 0 saturated heterocycles. The molecule has 5 heteroatoms. The summed E-state index contributed by atoms with van der Waals surface area (Å²) in [6, 6.07) is 8.56. The summed E-state index contributed by atoms with van der Waals surface area (Å²) >= 11 is 1.64. The number of halogens is 1. The highest BCUT2D eigenvalue weighted by molar-refractivity contribution is 7.14. The molecule has 0 atom stereocenters. The number of nitrogens with zero attached hydrogens (tertiary/aromatic N) is 3. The fraction of sp³-hybridized carbons (Fsp3) is 0.176. The third-order valence-electron chi connectivity index (χ3n) is 3.92. The van der Waals surface area contributed by atoms with E-state index >= 15 is 0 Å². The molecule has 0 aliphatic carbocycles. The predicted molar refractivity (Wildman–Crippen MR) is 86.5 cm³/mol. The molecule has 0 radical (unpaired) electrons. The first-order valence-electron chi connectivity index (χ1n) is 7.18. The number of thiazole rings is 1. The van der Waals surface area contributed by atoms with Crippen molar-refractivity contribution in [1.29, 1.82) is 0 Å². The van der Waals surface area contributed by atoms with Gasteiger partial charge in [0.05, 0.1) is 5.69 Å². The van der Waals surface area contributed by atoms with Gasteiger partial charge in [0.1, 0.15) is 5.82 Å². The summed E-state index contributed by atoms with van der Waals surface area (Å²) in [5.74, 6) is -0.222. The van der Waals surface area contributed by atoms with Gasteiger partial charge in [-0.05, 0) is 47.9 Å². The van der Waals surface area contributed by atoms with Gasteiger partial charge in [-0.2, -0.15) is 0 Å². The van der Waals surface area contributed by atoms with E-state index in [0.717, 1.165) is 35.9 Å². The van der Waals surface area contributed by atoms with Gasteiger partial charge >= 0.3 is 0 Å². The van der Waals surface area contributed by atoms with Gasteiger partial charge in [-0.1, -0.05) is 0 Å². The lowest BCUT2D eigenvalue weighted by Crippen LogP contribution is -2.30. The van der Waals surface area contributed by atoms with Crippen molar-refractivity contribution in [3.63, 3.8) is 0 Å². The zero-order valence-electron chi connectivity index (χ0n) is 11.9. The maximum Gasteiger partial charge on any atom is 0.186 e. The Labute approximate surface area is 132 Å². The second kappa shape index (κ2) is 5.50. The minimum absolute atomic E-state index is 0.222. The smallest absolute Gasteiger partial charge is 0.186 e. The molecule has 2 aromatic heterocycles. The zero-order valence-corrected chi connectivity index (χ0v) is 12.7. The average Bonchev–Trinajstić information content (AvgIpc) is 3.05. The largest absolute Gasteiger partial charge is 0.343 e. The Hall–Kier alpha value is -2.27. The highest BCUT2D eigenvalue weighted by atomic mass is 32.1. The molecule has 3 heterocycles. The van der Waals surface area contributed by atoms with Crippen LogP contribution in [0.5, 0.6) is 0 Å². The number of pyridine rings is 1. The summed E-state index contributed by atoms with van der Waals surface area (Å²) in [5, 5.41) is 3.05. The molecular formula is C17H14FN3S. The number of fused-ring (bicyclic) bond motifs is 1. The summed E-state index contributed by atoms with van der Waals surface area (Å²) in [6.45, 7) is 1.82.